The van der Waals surface area contributed by atoms with E-state index in [4.69, 9.17) is 9.40 Å². The Morgan fingerprint density at radius 3 is 2.31 bits per heavy atom. The minimum absolute atomic E-state index is 0.909. The van der Waals surface area contributed by atoms with Gasteiger partial charge in [0.05, 0.1) is 16.7 Å². The van der Waals surface area contributed by atoms with Crippen molar-refractivity contribution in [1.82, 2.24) is 9.97 Å². The van der Waals surface area contributed by atoms with Gasteiger partial charge in [-0.05, 0) is 53.6 Å². The second kappa shape index (κ2) is 9.16. The molecule has 0 fully saturated rings. The molecule has 1 aliphatic heterocycles. The largest absolute Gasteiger partial charge is 0.455 e. The summed E-state index contributed by atoms with van der Waals surface area (Å²) in [5, 5.41) is 3.33. The molecule has 0 amide bonds. The van der Waals surface area contributed by atoms with Crippen LogP contribution in [0.4, 0.5) is 0 Å². The van der Waals surface area contributed by atoms with Gasteiger partial charge in [0.25, 0.3) is 0 Å². The van der Waals surface area contributed by atoms with Crippen LogP contribution in [0.1, 0.15) is 0 Å². The van der Waals surface area contributed by atoms with Crippen LogP contribution in [0.3, 0.4) is 0 Å². The molecule has 0 unspecified atom stereocenters. The first-order chi connectivity index (χ1) is 20.8. The van der Waals surface area contributed by atoms with Gasteiger partial charge in [-0.15, -0.1) is 0 Å². The van der Waals surface area contributed by atoms with Gasteiger partial charge in [-0.25, -0.2) is 4.98 Å². The predicted octanol–water partition coefficient (Wildman–Crippen LogP) is 10.7. The van der Waals surface area contributed by atoms with Crippen LogP contribution in [0, 0.1) is 0 Å². The van der Waals surface area contributed by atoms with Crippen LogP contribution in [0.2, 0.25) is 0 Å². The van der Waals surface area contributed by atoms with Gasteiger partial charge in [-0.1, -0.05) is 96.7 Å². The Kier molecular flexibility index (Phi) is 5.13. The van der Waals surface area contributed by atoms with E-state index in [9.17, 15) is 0 Å². The number of para-hydroxylation sites is 1. The lowest BCUT2D eigenvalue weighted by atomic mass is 9.94. The van der Waals surface area contributed by atoms with Crippen molar-refractivity contribution in [3.8, 4) is 44.8 Å². The first-order valence-electron chi connectivity index (χ1n) is 14.0. The van der Waals surface area contributed by atoms with E-state index in [1.807, 2.05) is 18.3 Å². The van der Waals surface area contributed by atoms with E-state index in [2.05, 4.69) is 120 Å². The van der Waals surface area contributed by atoms with Crippen LogP contribution in [0.15, 0.2) is 148 Å². The molecular weight excluding hydrogens is 532 g/mol. The highest BCUT2D eigenvalue weighted by Crippen LogP contribution is 2.52. The lowest BCUT2D eigenvalue weighted by Crippen LogP contribution is -1.89. The molecule has 0 atom stereocenters. The Labute approximate surface area is 246 Å². The Hall–Kier alpha value is -5.19. The molecule has 0 radical (unpaired) electrons. The number of furan rings is 1. The van der Waals surface area contributed by atoms with Crippen LogP contribution in [-0.2, 0) is 0 Å². The second-order valence-electron chi connectivity index (χ2n) is 10.6. The van der Waals surface area contributed by atoms with Crippen LogP contribution in [0.25, 0.3) is 77.6 Å². The van der Waals surface area contributed by atoms with Gasteiger partial charge in [0.15, 0.2) is 0 Å². The van der Waals surface area contributed by atoms with Gasteiger partial charge in [-0.2, -0.15) is 0 Å². The number of benzene rings is 5. The first-order valence-corrected chi connectivity index (χ1v) is 14.8. The molecule has 1 aliphatic rings. The minimum Gasteiger partial charge on any atom is -0.455 e. The summed E-state index contributed by atoms with van der Waals surface area (Å²) in [5.41, 5.74) is 10.6. The van der Waals surface area contributed by atoms with Crippen molar-refractivity contribution >= 4 is 44.5 Å². The van der Waals surface area contributed by atoms with Crippen molar-refractivity contribution in [2.45, 2.75) is 9.79 Å². The molecule has 0 saturated heterocycles. The maximum absolute atomic E-state index is 6.52. The molecule has 196 valence electrons. The lowest BCUT2D eigenvalue weighted by molar-refractivity contribution is 0.631. The van der Waals surface area contributed by atoms with Crippen molar-refractivity contribution in [3.05, 3.63) is 134 Å². The van der Waals surface area contributed by atoms with E-state index >= 15 is 0 Å². The fourth-order valence-electron chi connectivity index (χ4n) is 6.10. The van der Waals surface area contributed by atoms with E-state index in [-0.39, 0.29) is 0 Å². The molecule has 0 spiro atoms. The molecular formula is C38H22N2OS. The van der Waals surface area contributed by atoms with Gasteiger partial charge in [0.1, 0.15) is 11.3 Å². The Balaban J connectivity index is 1.20. The van der Waals surface area contributed by atoms with Gasteiger partial charge in [0.2, 0.25) is 0 Å². The van der Waals surface area contributed by atoms with Gasteiger partial charge in [0, 0.05) is 54.4 Å². The molecule has 0 aliphatic carbocycles. The van der Waals surface area contributed by atoms with Crippen LogP contribution in [0.5, 0.6) is 0 Å². The lowest BCUT2D eigenvalue weighted by Gasteiger charge is -2.11. The maximum Gasteiger partial charge on any atom is 0.144 e. The van der Waals surface area contributed by atoms with Crippen molar-refractivity contribution in [3.63, 3.8) is 0 Å². The van der Waals surface area contributed by atoms with Crippen LogP contribution < -0.4 is 0 Å². The SMILES string of the molecule is c1cc(-c2ccc3c(c2)-c2c(oc4ccccc24)-c2ccccc2S3)cc(-c2ccc3ccc4cccnc4c3n2)c1. The highest BCUT2D eigenvalue weighted by Gasteiger charge is 2.26. The Morgan fingerprint density at radius 2 is 1.33 bits per heavy atom. The summed E-state index contributed by atoms with van der Waals surface area (Å²) in [6.45, 7) is 0. The zero-order valence-electron chi connectivity index (χ0n) is 22.4. The monoisotopic (exact) mass is 554 g/mol. The molecule has 4 heterocycles. The molecule has 4 heteroatoms. The topological polar surface area (TPSA) is 38.9 Å². The van der Waals surface area contributed by atoms with E-state index in [1.54, 1.807) is 11.8 Å². The number of hydrogen-bond donors (Lipinski definition) is 0. The van der Waals surface area contributed by atoms with E-state index in [1.165, 1.54) is 15.4 Å². The van der Waals surface area contributed by atoms with E-state index in [0.29, 0.717) is 0 Å². The fourth-order valence-corrected chi connectivity index (χ4v) is 7.16. The third-order valence-electron chi connectivity index (χ3n) is 8.12. The average Bonchev–Trinajstić information content (AvgIpc) is 3.38. The minimum atomic E-state index is 0.909. The second-order valence-corrected chi connectivity index (χ2v) is 11.7. The molecule has 3 nitrogen and oxygen atoms in total. The third-order valence-corrected chi connectivity index (χ3v) is 9.27. The number of nitrogens with zero attached hydrogens (tertiary/aromatic N) is 2. The fraction of sp³-hybridized carbons (Fsp3) is 0. The number of rotatable bonds is 2. The van der Waals surface area contributed by atoms with Crippen molar-refractivity contribution in [2.75, 3.05) is 0 Å². The number of pyridine rings is 2. The maximum atomic E-state index is 6.52. The zero-order chi connectivity index (χ0) is 27.6. The summed E-state index contributed by atoms with van der Waals surface area (Å²) in [6, 6.07) is 44.9. The molecule has 42 heavy (non-hydrogen) atoms. The molecule has 0 saturated carbocycles. The molecule has 0 bridgehead atoms. The summed E-state index contributed by atoms with van der Waals surface area (Å²) in [4.78, 5) is 12.2. The predicted molar refractivity (Wildman–Crippen MR) is 173 cm³/mol. The third kappa shape index (κ3) is 3.62. The van der Waals surface area contributed by atoms with Crippen LogP contribution in [-0.4, -0.2) is 9.97 Å². The molecule has 8 aromatic rings. The van der Waals surface area contributed by atoms with E-state index in [0.717, 1.165) is 72.0 Å². The van der Waals surface area contributed by atoms with Gasteiger partial charge < -0.3 is 4.42 Å². The molecule has 9 rings (SSSR count). The average molecular weight is 555 g/mol. The summed E-state index contributed by atoms with van der Waals surface area (Å²) < 4.78 is 6.52. The first kappa shape index (κ1) is 23.5. The standard InChI is InChI=1S/C38H22N2OS/c1-3-12-32-28(10-1)35-30-22-26(17-19-34(30)42-33-13-4-2-11-29(33)38(35)41-32)25-7-5-8-27(21-25)31-18-16-24-15-14-23-9-6-20-39-36(23)37(24)40-31/h1-22H. The quantitative estimate of drug-likeness (QED) is 0.199. The summed E-state index contributed by atoms with van der Waals surface area (Å²) in [6.07, 6.45) is 1.83. The van der Waals surface area contributed by atoms with Crippen molar-refractivity contribution < 1.29 is 4.42 Å². The smallest absolute Gasteiger partial charge is 0.144 e. The highest BCUT2D eigenvalue weighted by atomic mass is 32.2. The normalized spacial score (nSPS) is 12.2. The Bertz CT molecular complexity index is 2350. The van der Waals surface area contributed by atoms with Gasteiger partial charge in [-0.3, -0.25) is 4.98 Å². The summed E-state index contributed by atoms with van der Waals surface area (Å²) in [7, 11) is 0. The number of aromatic nitrogens is 2. The summed E-state index contributed by atoms with van der Waals surface area (Å²) in [5.74, 6) is 0.935. The summed E-state index contributed by atoms with van der Waals surface area (Å²) >= 11 is 1.80. The highest BCUT2D eigenvalue weighted by molar-refractivity contribution is 7.99. The molecule has 5 aromatic carbocycles. The van der Waals surface area contributed by atoms with E-state index < -0.39 is 0 Å². The van der Waals surface area contributed by atoms with Gasteiger partial charge >= 0.3 is 0 Å². The molecule has 3 aromatic heterocycles. The van der Waals surface area contributed by atoms with Crippen molar-refractivity contribution in [2.24, 2.45) is 0 Å². The van der Waals surface area contributed by atoms with Crippen molar-refractivity contribution in [1.29, 1.82) is 0 Å². The van der Waals surface area contributed by atoms with Crippen LogP contribution >= 0.6 is 11.8 Å². The molecule has 0 N–H and O–H groups in total. The Morgan fingerprint density at radius 1 is 0.548 bits per heavy atom. The number of hydrogen-bond acceptors (Lipinski definition) is 4. The number of fused-ring (bicyclic) bond motifs is 10. The zero-order valence-corrected chi connectivity index (χ0v) is 23.2.